The van der Waals surface area contributed by atoms with Gasteiger partial charge in [-0.15, -0.1) is 0 Å². The van der Waals surface area contributed by atoms with Crippen molar-refractivity contribution in [3.05, 3.63) is 41.5 Å². The van der Waals surface area contributed by atoms with Crippen LogP contribution < -0.4 is 24.3 Å². The first-order chi connectivity index (χ1) is 14.7. The predicted octanol–water partition coefficient (Wildman–Crippen LogP) is 5.34. The van der Waals surface area contributed by atoms with E-state index in [9.17, 15) is 4.79 Å². The van der Waals surface area contributed by atoms with Gasteiger partial charge in [-0.25, -0.2) is 4.79 Å². The van der Waals surface area contributed by atoms with E-state index in [4.69, 9.17) is 23.7 Å². The van der Waals surface area contributed by atoms with Crippen LogP contribution in [-0.4, -0.2) is 40.1 Å². The van der Waals surface area contributed by atoms with Gasteiger partial charge < -0.3 is 23.7 Å². The van der Waals surface area contributed by atoms with E-state index in [1.807, 2.05) is 51.1 Å². The minimum Gasteiger partial charge on any atom is -0.495 e. The highest BCUT2D eigenvalue weighted by molar-refractivity contribution is 5.87. The Morgan fingerprint density at radius 1 is 0.839 bits per heavy atom. The zero-order chi connectivity index (χ0) is 22.8. The third-order valence-corrected chi connectivity index (χ3v) is 5.19. The molecule has 0 spiro atoms. The average Bonchev–Trinajstić information content (AvgIpc) is 3.52. The van der Waals surface area contributed by atoms with Gasteiger partial charge in [-0.1, -0.05) is 6.07 Å². The fourth-order valence-electron chi connectivity index (χ4n) is 3.71. The Kier molecular flexibility index (Phi) is 6.53. The maximum atomic E-state index is 12.3. The molecule has 2 aromatic rings. The lowest BCUT2D eigenvalue weighted by Crippen LogP contribution is -2.27. The van der Waals surface area contributed by atoms with Gasteiger partial charge in [-0.05, 0) is 74.4 Å². The SMILES string of the molecule is COc1ccc(C2CC2c2cc(OC)c(OC)c(OC)c2)cc1NC(=O)OC(C)(C)C. The van der Waals surface area contributed by atoms with E-state index in [1.54, 1.807) is 28.4 Å². The van der Waals surface area contributed by atoms with Crippen LogP contribution in [0.25, 0.3) is 0 Å². The molecule has 31 heavy (non-hydrogen) atoms. The average molecular weight is 430 g/mol. The number of ether oxygens (including phenoxy) is 5. The Morgan fingerprint density at radius 3 is 1.94 bits per heavy atom. The molecule has 2 unspecified atom stereocenters. The highest BCUT2D eigenvalue weighted by Gasteiger charge is 2.40. The third-order valence-electron chi connectivity index (χ3n) is 5.19. The molecule has 2 atom stereocenters. The standard InChI is InChI=1S/C24H31NO6/c1-24(2,3)31-23(26)25-18-10-14(8-9-19(18)27-4)16-13-17(16)15-11-20(28-5)22(30-7)21(12-15)29-6/h8-12,16-17H,13H2,1-7H3,(H,25,26). The van der Waals surface area contributed by atoms with Crippen molar-refractivity contribution in [3.8, 4) is 23.0 Å². The second-order valence-electron chi connectivity index (χ2n) is 8.49. The zero-order valence-corrected chi connectivity index (χ0v) is 19.2. The van der Waals surface area contributed by atoms with Gasteiger partial charge in [0.2, 0.25) is 5.75 Å². The highest BCUT2D eigenvalue weighted by atomic mass is 16.6. The van der Waals surface area contributed by atoms with Crippen LogP contribution in [0.2, 0.25) is 0 Å². The first-order valence-corrected chi connectivity index (χ1v) is 10.2. The summed E-state index contributed by atoms with van der Waals surface area (Å²) in [6.45, 7) is 5.48. The van der Waals surface area contributed by atoms with Crippen molar-refractivity contribution < 1.29 is 28.5 Å². The summed E-state index contributed by atoms with van der Waals surface area (Å²) in [5, 5.41) is 2.80. The fourth-order valence-corrected chi connectivity index (χ4v) is 3.71. The number of benzene rings is 2. The number of carbonyl (C=O) groups excluding carboxylic acids is 1. The van der Waals surface area contributed by atoms with E-state index >= 15 is 0 Å². The van der Waals surface area contributed by atoms with Gasteiger partial charge in [0, 0.05) is 0 Å². The van der Waals surface area contributed by atoms with Crippen molar-refractivity contribution in [2.24, 2.45) is 0 Å². The summed E-state index contributed by atoms with van der Waals surface area (Å²) in [6.07, 6.45) is 0.469. The van der Waals surface area contributed by atoms with Crippen LogP contribution >= 0.6 is 0 Å². The van der Waals surface area contributed by atoms with Crippen LogP contribution in [0.4, 0.5) is 10.5 Å². The molecular weight excluding hydrogens is 398 g/mol. The van der Waals surface area contributed by atoms with Crippen LogP contribution in [0.5, 0.6) is 23.0 Å². The van der Waals surface area contributed by atoms with E-state index in [2.05, 4.69) is 5.32 Å². The van der Waals surface area contributed by atoms with E-state index in [0.717, 1.165) is 17.5 Å². The summed E-state index contributed by atoms with van der Waals surface area (Å²) in [7, 11) is 6.40. The summed E-state index contributed by atoms with van der Waals surface area (Å²) >= 11 is 0. The lowest BCUT2D eigenvalue weighted by Gasteiger charge is -2.20. The van der Waals surface area contributed by atoms with Crippen molar-refractivity contribution in [1.29, 1.82) is 0 Å². The molecule has 0 aliphatic heterocycles. The molecule has 0 radical (unpaired) electrons. The fraction of sp³-hybridized carbons (Fsp3) is 0.458. The first-order valence-electron chi connectivity index (χ1n) is 10.2. The molecule has 1 N–H and O–H groups in total. The molecule has 0 heterocycles. The minimum atomic E-state index is -0.580. The molecule has 3 rings (SSSR count). The summed E-state index contributed by atoms with van der Waals surface area (Å²) in [5.74, 6) is 3.08. The third kappa shape index (κ3) is 5.16. The number of hydrogen-bond donors (Lipinski definition) is 1. The normalized spacial score (nSPS) is 17.5. The monoisotopic (exact) mass is 429 g/mol. The van der Waals surface area contributed by atoms with E-state index in [1.165, 1.54) is 0 Å². The van der Waals surface area contributed by atoms with Gasteiger partial charge in [0.15, 0.2) is 11.5 Å². The van der Waals surface area contributed by atoms with E-state index in [-0.39, 0.29) is 0 Å². The first kappa shape index (κ1) is 22.6. The Bertz CT molecular complexity index is 925. The Morgan fingerprint density at radius 2 is 1.42 bits per heavy atom. The molecule has 1 aliphatic carbocycles. The number of carbonyl (C=O) groups is 1. The van der Waals surface area contributed by atoms with E-state index in [0.29, 0.717) is 40.5 Å². The molecule has 7 heteroatoms. The molecule has 7 nitrogen and oxygen atoms in total. The van der Waals surface area contributed by atoms with Gasteiger partial charge in [0.1, 0.15) is 11.4 Å². The number of anilines is 1. The zero-order valence-electron chi connectivity index (χ0n) is 19.2. The molecular formula is C24H31NO6. The van der Waals surface area contributed by atoms with Crippen LogP contribution in [0.1, 0.15) is 50.2 Å². The molecule has 0 bridgehead atoms. The maximum Gasteiger partial charge on any atom is 0.412 e. The quantitative estimate of drug-likeness (QED) is 0.640. The molecule has 0 aromatic heterocycles. The van der Waals surface area contributed by atoms with Gasteiger partial charge in [0.05, 0.1) is 34.1 Å². The molecule has 1 fully saturated rings. The number of nitrogens with one attached hydrogen (secondary N) is 1. The van der Waals surface area contributed by atoms with Crippen molar-refractivity contribution in [2.45, 2.75) is 44.6 Å². The maximum absolute atomic E-state index is 12.3. The van der Waals surface area contributed by atoms with Crippen molar-refractivity contribution in [2.75, 3.05) is 33.8 Å². The molecule has 1 saturated carbocycles. The largest absolute Gasteiger partial charge is 0.495 e. The summed E-state index contributed by atoms with van der Waals surface area (Å²) in [4.78, 5) is 12.3. The second kappa shape index (κ2) is 8.96. The summed E-state index contributed by atoms with van der Waals surface area (Å²) in [5.41, 5.74) is 2.25. The Labute approximate surface area is 183 Å². The second-order valence-corrected chi connectivity index (χ2v) is 8.49. The Balaban J connectivity index is 1.83. The number of hydrogen-bond acceptors (Lipinski definition) is 6. The molecule has 168 valence electrons. The van der Waals surface area contributed by atoms with Gasteiger partial charge in [-0.2, -0.15) is 0 Å². The van der Waals surface area contributed by atoms with Crippen molar-refractivity contribution in [3.63, 3.8) is 0 Å². The lowest BCUT2D eigenvalue weighted by atomic mass is 10.0. The molecule has 1 aliphatic rings. The minimum absolute atomic E-state index is 0.313. The van der Waals surface area contributed by atoms with Crippen LogP contribution in [-0.2, 0) is 4.74 Å². The Hall–Kier alpha value is -3.09. The molecule has 2 aromatic carbocycles. The van der Waals surface area contributed by atoms with Crippen LogP contribution in [0.15, 0.2) is 30.3 Å². The summed E-state index contributed by atoms with van der Waals surface area (Å²) < 4.78 is 27.2. The van der Waals surface area contributed by atoms with Crippen molar-refractivity contribution in [1.82, 2.24) is 0 Å². The smallest absolute Gasteiger partial charge is 0.412 e. The van der Waals surface area contributed by atoms with E-state index < -0.39 is 11.7 Å². The van der Waals surface area contributed by atoms with Gasteiger partial charge in [-0.3, -0.25) is 5.32 Å². The molecule has 0 saturated heterocycles. The van der Waals surface area contributed by atoms with Gasteiger partial charge in [0.25, 0.3) is 0 Å². The van der Waals surface area contributed by atoms with Crippen molar-refractivity contribution >= 4 is 11.8 Å². The topological polar surface area (TPSA) is 75.3 Å². The summed E-state index contributed by atoms with van der Waals surface area (Å²) in [6, 6.07) is 9.84. The highest BCUT2D eigenvalue weighted by Crippen LogP contribution is 2.57. The molecule has 1 amide bonds. The van der Waals surface area contributed by atoms with Crippen LogP contribution in [0.3, 0.4) is 0 Å². The predicted molar refractivity (Wildman–Crippen MR) is 119 cm³/mol. The lowest BCUT2D eigenvalue weighted by molar-refractivity contribution is 0.0635. The number of methoxy groups -OCH3 is 4. The number of rotatable bonds is 7. The van der Waals surface area contributed by atoms with Gasteiger partial charge >= 0.3 is 6.09 Å². The number of amides is 1. The van der Waals surface area contributed by atoms with Crippen LogP contribution in [0, 0.1) is 0 Å².